The van der Waals surface area contributed by atoms with Crippen LogP contribution in [0.2, 0.25) is 5.02 Å². The maximum atomic E-state index is 12.7. The Balaban J connectivity index is 1.79. The van der Waals surface area contributed by atoms with E-state index in [1.165, 1.54) is 18.2 Å². The number of benzene rings is 2. The van der Waals surface area contributed by atoms with Crippen LogP contribution in [0, 0.1) is 0 Å². The normalized spacial score (nSPS) is 16.9. The number of amides is 1. The van der Waals surface area contributed by atoms with Crippen LogP contribution in [0.5, 0.6) is 0 Å². The predicted octanol–water partition coefficient (Wildman–Crippen LogP) is 3.61. The number of anilines is 1. The van der Waals surface area contributed by atoms with Crippen molar-refractivity contribution >= 4 is 33.2 Å². The minimum absolute atomic E-state index is 0.0605. The van der Waals surface area contributed by atoms with Gasteiger partial charge in [0.2, 0.25) is 10.0 Å². The second-order valence-corrected chi connectivity index (χ2v) is 8.74. The minimum Gasteiger partial charge on any atom is -0.377 e. The molecule has 1 amide bonds. The highest BCUT2D eigenvalue weighted by molar-refractivity contribution is 7.89. The van der Waals surface area contributed by atoms with Gasteiger partial charge in [0.15, 0.2) is 0 Å². The molecule has 3 rings (SSSR count). The van der Waals surface area contributed by atoms with Crippen molar-refractivity contribution in [2.45, 2.75) is 37.2 Å². The molecule has 150 valence electrons. The number of sulfonamides is 1. The smallest absolute Gasteiger partial charge is 0.255 e. The summed E-state index contributed by atoms with van der Waals surface area (Å²) in [6.07, 6.45) is 2.37. The zero-order chi connectivity index (χ0) is 20.1. The summed E-state index contributed by atoms with van der Waals surface area (Å²) in [7, 11) is -3.86. The van der Waals surface area contributed by atoms with E-state index in [0.29, 0.717) is 12.3 Å². The molecular formula is C20H23ClN2O4S. The third-order valence-corrected chi connectivity index (χ3v) is 6.56. The highest BCUT2D eigenvalue weighted by Gasteiger charge is 2.23. The van der Waals surface area contributed by atoms with Crippen LogP contribution in [0.25, 0.3) is 0 Å². The van der Waals surface area contributed by atoms with Gasteiger partial charge in [0, 0.05) is 24.4 Å². The van der Waals surface area contributed by atoms with Gasteiger partial charge < -0.3 is 10.1 Å². The summed E-state index contributed by atoms with van der Waals surface area (Å²) in [5, 5.41) is 2.90. The van der Waals surface area contributed by atoms with Gasteiger partial charge in [-0.25, -0.2) is 13.1 Å². The van der Waals surface area contributed by atoms with Crippen LogP contribution in [-0.2, 0) is 21.2 Å². The van der Waals surface area contributed by atoms with Crippen LogP contribution >= 0.6 is 11.6 Å². The van der Waals surface area contributed by atoms with Crippen LogP contribution < -0.4 is 10.0 Å². The van der Waals surface area contributed by atoms with Crippen LogP contribution in [0.4, 0.5) is 5.69 Å². The number of para-hydroxylation sites is 1. The first kappa shape index (κ1) is 20.8. The first-order valence-corrected chi connectivity index (χ1v) is 11.1. The molecule has 0 bridgehead atoms. The molecule has 2 aromatic rings. The van der Waals surface area contributed by atoms with E-state index in [2.05, 4.69) is 10.0 Å². The first-order valence-electron chi connectivity index (χ1n) is 9.21. The fraction of sp³-hybridized carbons (Fsp3) is 0.350. The molecule has 0 saturated carbocycles. The van der Waals surface area contributed by atoms with Gasteiger partial charge in [-0.15, -0.1) is 0 Å². The summed E-state index contributed by atoms with van der Waals surface area (Å²) in [4.78, 5) is 12.5. The maximum Gasteiger partial charge on any atom is 0.255 e. The summed E-state index contributed by atoms with van der Waals surface area (Å²) in [6.45, 7) is 2.82. The van der Waals surface area contributed by atoms with E-state index < -0.39 is 15.9 Å². The van der Waals surface area contributed by atoms with Gasteiger partial charge in [0.05, 0.1) is 11.1 Å². The van der Waals surface area contributed by atoms with Crippen molar-refractivity contribution in [3.05, 3.63) is 58.6 Å². The van der Waals surface area contributed by atoms with E-state index in [1.807, 2.05) is 31.2 Å². The Hall–Kier alpha value is -1.93. The molecule has 0 radical (unpaired) electrons. The van der Waals surface area contributed by atoms with Gasteiger partial charge >= 0.3 is 0 Å². The molecule has 1 aliphatic heterocycles. The molecule has 2 N–H and O–H groups in total. The average molecular weight is 423 g/mol. The molecule has 6 nitrogen and oxygen atoms in total. The van der Waals surface area contributed by atoms with Crippen molar-refractivity contribution in [1.82, 2.24) is 4.72 Å². The summed E-state index contributed by atoms with van der Waals surface area (Å²) in [5.74, 6) is -0.395. The topological polar surface area (TPSA) is 84.5 Å². The number of hydrogen-bond acceptors (Lipinski definition) is 4. The molecular weight excluding hydrogens is 400 g/mol. The molecule has 8 heteroatoms. The van der Waals surface area contributed by atoms with Crippen LogP contribution in [0.15, 0.2) is 47.4 Å². The second-order valence-electron chi connectivity index (χ2n) is 6.60. The number of carbonyl (C=O) groups is 1. The van der Waals surface area contributed by atoms with Gasteiger partial charge in [0.1, 0.15) is 4.90 Å². The van der Waals surface area contributed by atoms with Gasteiger partial charge in [-0.1, -0.05) is 36.7 Å². The Kier molecular flexibility index (Phi) is 6.72. The first-order chi connectivity index (χ1) is 13.4. The molecule has 1 fully saturated rings. The van der Waals surface area contributed by atoms with Crippen molar-refractivity contribution in [2.24, 2.45) is 0 Å². The minimum atomic E-state index is -3.86. The fourth-order valence-electron chi connectivity index (χ4n) is 3.08. The van der Waals surface area contributed by atoms with Crippen LogP contribution in [0.1, 0.15) is 35.7 Å². The molecule has 0 aromatic heterocycles. The van der Waals surface area contributed by atoms with Crippen molar-refractivity contribution in [3.63, 3.8) is 0 Å². The highest BCUT2D eigenvalue weighted by Crippen LogP contribution is 2.24. The van der Waals surface area contributed by atoms with Crippen molar-refractivity contribution in [1.29, 1.82) is 0 Å². The largest absolute Gasteiger partial charge is 0.377 e. The molecule has 0 spiro atoms. The lowest BCUT2D eigenvalue weighted by Gasteiger charge is -2.14. The second kappa shape index (κ2) is 9.05. The molecule has 1 atom stereocenters. The molecule has 0 unspecified atom stereocenters. The van der Waals surface area contributed by atoms with Gasteiger partial charge in [-0.2, -0.15) is 0 Å². The molecule has 1 saturated heterocycles. The number of nitrogens with one attached hydrogen (secondary N) is 2. The molecule has 0 aliphatic carbocycles. The van der Waals surface area contributed by atoms with Gasteiger partial charge in [0.25, 0.3) is 5.91 Å². The summed E-state index contributed by atoms with van der Waals surface area (Å²) < 4.78 is 33.3. The number of ether oxygens (including phenoxy) is 1. The van der Waals surface area contributed by atoms with Crippen LogP contribution in [-0.4, -0.2) is 33.6 Å². The van der Waals surface area contributed by atoms with Crippen molar-refractivity contribution in [3.8, 4) is 0 Å². The Labute approximate surface area is 170 Å². The summed E-state index contributed by atoms with van der Waals surface area (Å²) in [5.41, 5.74) is 1.91. The lowest BCUT2D eigenvalue weighted by Crippen LogP contribution is -2.32. The number of aryl methyl sites for hydroxylation is 1. The third-order valence-electron chi connectivity index (χ3n) is 4.65. The molecule has 28 heavy (non-hydrogen) atoms. The van der Waals surface area contributed by atoms with Gasteiger partial charge in [-0.3, -0.25) is 4.79 Å². The van der Waals surface area contributed by atoms with E-state index in [-0.39, 0.29) is 28.1 Å². The highest BCUT2D eigenvalue weighted by atomic mass is 35.5. The van der Waals surface area contributed by atoms with Crippen LogP contribution in [0.3, 0.4) is 0 Å². The zero-order valence-corrected chi connectivity index (χ0v) is 17.1. The molecule has 1 heterocycles. The van der Waals surface area contributed by atoms with E-state index in [9.17, 15) is 13.2 Å². The zero-order valence-electron chi connectivity index (χ0n) is 15.6. The van der Waals surface area contributed by atoms with Crippen molar-refractivity contribution in [2.75, 3.05) is 18.5 Å². The van der Waals surface area contributed by atoms with E-state index in [1.54, 1.807) is 0 Å². The standard InChI is InChI=1S/C20H23ClN2O4S/c1-2-14-6-3-4-8-18(14)23-20(24)15-9-10-17(21)19(12-15)28(25,26)22-13-16-7-5-11-27-16/h3-4,6,8-10,12,16,22H,2,5,7,11,13H2,1H3,(H,23,24)/t16-/m1/s1. The lowest BCUT2D eigenvalue weighted by atomic mass is 10.1. The summed E-state index contributed by atoms with van der Waals surface area (Å²) >= 11 is 6.11. The lowest BCUT2D eigenvalue weighted by molar-refractivity contribution is 0.102. The Morgan fingerprint density at radius 2 is 2.04 bits per heavy atom. The average Bonchev–Trinajstić information content (AvgIpc) is 3.21. The SMILES string of the molecule is CCc1ccccc1NC(=O)c1ccc(Cl)c(S(=O)(=O)NC[C@H]2CCCO2)c1. The number of carbonyl (C=O) groups excluding carboxylic acids is 1. The van der Waals surface area contributed by atoms with Gasteiger partial charge in [-0.05, 0) is 49.1 Å². The number of halogens is 1. The predicted molar refractivity (Wildman–Crippen MR) is 109 cm³/mol. The number of rotatable bonds is 7. The van der Waals surface area contributed by atoms with Crippen molar-refractivity contribution < 1.29 is 17.9 Å². The molecule has 2 aromatic carbocycles. The Morgan fingerprint density at radius 3 is 2.75 bits per heavy atom. The Morgan fingerprint density at radius 1 is 1.25 bits per heavy atom. The van der Waals surface area contributed by atoms with E-state index in [0.717, 1.165) is 24.8 Å². The third kappa shape index (κ3) is 4.91. The molecule has 1 aliphatic rings. The fourth-order valence-corrected chi connectivity index (χ4v) is 4.67. The van der Waals surface area contributed by atoms with E-state index >= 15 is 0 Å². The monoisotopic (exact) mass is 422 g/mol. The number of hydrogen-bond donors (Lipinski definition) is 2. The quantitative estimate of drug-likeness (QED) is 0.713. The maximum absolute atomic E-state index is 12.7. The Bertz CT molecular complexity index is 956. The van der Waals surface area contributed by atoms with E-state index in [4.69, 9.17) is 16.3 Å². The summed E-state index contributed by atoms with van der Waals surface area (Å²) in [6, 6.07) is 11.7.